The maximum atomic E-state index is 12.3. The van der Waals surface area contributed by atoms with Crippen LogP contribution in [0.25, 0.3) is 0 Å². The van der Waals surface area contributed by atoms with Gasteiger partial charge in [0.2, 0.25) is 5.91 Å². The molecule has 1 fully saturated rings. The molecular weight excluding hydrogens is 368 g/mol. The molecule has 0 saturated heterocycles. The van der Waals surface area contributed by atoms with Crippen molar-refractivity contribution in [3.63, 3.8) is 0 Å². The van der Waals surface area contributed by atoms with E-state index in [9.17, 15) is 19.5 Å². The molecule has 1 aliphatic rings. The summed E-state index contributed by atoms with van der Waals surface area (Å²) in [7, 11) is 0. The van der Waals surface area contributed by atoms with Crippen LogP contribution in [0.5, 0.6) is 0 Å². The smallest absolute Gasteiger partial charge is 0.444 e. The second-order valence-corrected chi connectivity index (χ2v) is 8.37. The highest BCUT2D eigenvalue weighted by Gasteiger charge is 2.50. The topological polar surface area (TPSA) is 123 Å². The van der Waals surface area contributed by atoms with E-state index in [1.165, 1.54) is 6.92 Å². The van der Waals surface area contributed by atoms with Gasteiger partial charge < -0.3 is 30.0 Å². The molecule has 0 aromatic rings. The summed E-state index contributed by atoms with van der Waals surface area (Å²) in [6.45, 7) is 12.2. The molecule has 1 saturated carbocycles. The molecule has 0 heterocycles. The number of carbonyl (C=O) groups excluding carboxylic acids is 3. The maximum Gasteiger partial charge on any atom is 0.508 e. The summed E-state index contributed by atoms with van der Waals surface area (Å²) in [6, 6.07) is -1.01. The van der Waals surface area contributed by atoms with Crippen LogP contribution in [0.4, 0.5) is 9.59 Å². The quantitative estimate of drug-likeness (QED) is 0.580. The third kappa shape index (κ3) is 7.18. The van der Waals surface area contributed by atoms with Gasteiger partial charge in [-0.15, -0.1) is 0 Å². The number of hydrogen-bond donors (Lipinski definition) is 3. The van der Waals surface area contributed by atoms with Gasteiger partial charge in [0.1, 0.15) is 11.7 Å². The van der Waals surface area contributed by atoms with Crippen LogP contribution in [0.1, 0.15) is 54.9 Å². The van der Waals surface area contributed by atoms with E-state index in [-0.39, 0.29) is 24.9 Å². The summed E-state index contributed by atoms with van der Waals surface area (Å²) in [5.74, 6) is -0.861. The number of rotatable bonds is 6. The third-order valence-electron chi connectivity index (χ3n) is 4.44. The molecule has 1 unspecified atom stereocenters. The van der Waals surface area contributed by atoms with Gasteiger partial charge in [0.25, 0.3) is 0 Å². The predicted octanol–water partition coefficient (Wildman–Crippen LogP) is 1.96. The standard InChI is InChI=1S/C19H34N2O7/c1-8-26-18(25)27-13-9-12(21-17(24)28-19(5,6)7)14(16(13)23)15(10(2)3)20-11(4)22/h10,12-16,23H,8-9H2,1-7H3,(H,20,22)(H,21,24)/t12-,13-,14+,15?,16+/m1/s1. The van der Waals surface area contributed by atoms with Gasteiger partial charge in [-0.3, -0.25) is 4.79 Å². The summed E-state index contributed by atoms with van der Waals surface area (Å²) in [5, 5.41) is 16.4. The van der Waals surface area contributed by atoms with E-state index in [2.05, 4.69) is 10.6 Å². The lowest BCUT2D eigenvalue weighted by Gasteiger charge is -2.34. The highest BCUT2D eigenvalue weighted by atomic mass is 16.7. The Morgan fingerprint density at radius 2 is 1.82 bits per heavy atom. The lowest BCUT2D eigenvalue weighted by Crippen LogP contribution is -2.53. The zero-order chi connectivity index (χ0) is 21.6. The second-order valence-electron chi connectivity index (χ2n) is 8.37. The Labute approximate surface area is 166 Å². The van der Waals surface area contributed by atoms with Crippen molar-refractivity contribution >= 4 is 18.2 Å². The largest absolute Gasteiger partial charge is 0.508 e. The van der Waals surface area contributed by atoms with Crippen molar-refractivity contribution < 1.29 is 33.7 Å². The first kappa shape index (κ1) is 24.0. The Morgan fingerprint density at radius 3 is 2.29 bits per heavy atom. The fourth-order valence-corrected chi connectivity index (χ4v) is 3.44. The van der Waals surface area contributed by atoms with Crippen LogP contribution in [0, 0.1) is 11.8 Å². The minimum atomic E-state index is -1.09. The van der Waals surface area contributed by atoms with Crippen LogP contribution in [0.3, 0.4) is 0 Å². The summed E-state index contributed by atoms with van der Waals surface area (Å²) < 4.78 is 15.3. The third-order valence-corrected chi connectivity index (χ3v) is 4.44. The zero-order valence-corrected chi connectivity index (χ0v) is 17.8. The number of alkyl carbamates (subject to hydrolysis) is 1. The molecule has 1 aliphatic carbocycles. The molecule has 0 bridgehead atoms. The monoisotopic (exact) mass is 402 g/mol. The molecule has 9 nitrogen and oxygen atoms in total. The molecule has 28 heavy (non-hydrogen) atoms. The normalized spacial score (nSPS) is 25.8. The van der Waals surface area contributed by atoms with Gasteiger partial charge in [-0.05, 0) is 33.6 Å². The number of carbonyl (C=O) groups is 3. The van der Waals surface area contributed by atoms with Gasteiger partial charge in [-0.25, -0.2) is 9.59 Å². The van der Waals surface area contributed by atoms with Gasteiger partial charge in [0.15, 0.2) is 0 Å². The molecule has 3 N–H and O–H groups in total. The first-order valence-electron chi connectivity index (χ1n) is 9.63. The first-order chi connectivity index (χ1) is 12.9. The Balaban J connectivity index is 3.06. The molecule has 0 spiro atoms. The first-order valence-corrected chi connectivity index (χ1v) is 9.63. The number of hydrogen-bond acceptors (Lipinski definition) is 7. The van der Waals surface area contributed by atoms with Crippen molar-refractivity contribution in [2.45, 2.75) is 84.8 Å². The van der Waals surface area contributed by atoms with E-state index in [0.717, 1.165) is 0 Å². The van der Waals surface area contributed by atoms with E-state index in [4.69, 9.17) is 14.2 Å². The lowest BCUT2D eigenvalue weighted by atomic mass is 9.85. The minimum absolute atomic E-state index is 0.0344. The van der Waals surface area contributed by atoms with Crippen LogP contribution in [0.15, 0.2) is 0 Å². The summed E-state index contributed by atoms with van der Waals surface area (Å²) >= 11 is 0. The highest BCUT2D eigenvalue weighted by Crippen LogP contribution is 2.34. The number of aliphatic hydroxyl groups excluding tert-OH is 1. The van der Waals surface area contributed by atoms with Crippen LogP contribution in [0.2, 0.25) is 0 Å². The zero-order valence-electron chi connectivity index (χ0n) is 17.8. The number of nitrogens with one attached hydrogen (secondary N) is 2. The van der Waals surface area contributed by atoms with E-state index in [0.29, 0.717) is 0 Å². The average molecular weight is 402 g/mol. The van der Waals surface area contributed by atoms with Crippen molar-refractivity contribution in [1.29, 1.82) is 0 Å². The van der Waals surface area contributed by atoms with E-state index >= 15 is 0 Å². The van der Waals surface area contributed by atoms with E-state index < -0.39 is 48.1 Å². The van der Waals surface area contributed by atoms with Gasteiger partial charge >= 0.3 is 12.2 Å². The molecule has 5 atom stereocenters. The number of ether oxygens (including phenoxy) is 3. The van der Waals surface area contributed by atoms with Crippen LogP contribution in [-0.2, 0) is 19.0 Å². The molecule has 0 aliphatic heterocycles. The fourth-order valence-electron chi connectivity index (χ4n) is 3.44. The summed E-state index contributed by atoms with van der Waals surface area (Å²) in [5.41, 5.74) is -0.688. The van der Waals surface area contributed by atoms with Crippen molar-refractivity contribution in [3.8, 4) is 0 Å². The highest BCUT2D eigenvalue weighted by molar-refractivity contribution is 5.73. The molecule has 1 rings (SSSR count). The molecule has 0 aromatic heterocycles. The molecule has 0 radical (unpaired) electrons. The van der Waals surface area contributed by atoms with Crippen molar-refractivity contribution in [1.82, 2.24) is 10.6 Å². The Hall–Kier alpha value is -2.03. The molecular formula is C19H34N2O7. The summed E-state index contributed by atoms with van der Waals surface area (Å²) in [6.07, 6.45) is -3.32. The second kappa shape index (κ2) is 9.95. The molecule has 9 heteroatoms. The van der Waals surface area contributed by atoms with E-state index in [1.807, 2.05) is 13.8 Å². The number of amides is 2. The SMILES string of the molecule is CCOC(=O)O[C@@H]1C[C@@H](NC(=O)OC(C)(C)C)[C@@H](C(NC(C)=O)C(C)C)[C@H]1O. The Kier molecular flexibility index (Phi) is 8.53. The molecule has 0 aromatic carbocycles. The van der Waals surface area contributed by atoms with Crippen LogP contribution in [-0.4, -0.2) is 59.8 Å². The Morgan fingerprint density at radius 1 is 1.21 bits per heavy atom. The van der Waals surface area contributed by atoms with Gasteiger partial charge in [0.05, 0.1) is 12.7 Å². The van der Waals surface area contributed by atoms with Crippen LogP contribution >= 0.6 is 0 Å². The van der Waals surface area contributed by atoms with E-state index in [1.54, 1.807) is 27.7 Å². The lowest BCUT2D eigenvalue weighted by molar-refractivity contribution is -0.121. The van der Waals surface area contributed by atoms with Gasteiger partial charge in [-0.1, -0.05) is 13.8 Å². The predicted molar refractivity (Wildman–Crippen MR) is 102 cm³/mol. The molecule has 162 valence electrons. The number of aliphatic hydroxyl groups is 1. The maximum absolute atomic E-state index is 12.3. The fraction of sp³-hybridized carbons (Fsp3) is 0.842. The van der Waals surface area contributed by atoms with Crippen molar-refractivity contribution in [3.05, 3.63) is 0 Å². The van der Waals surface area contributed by atoms with Gasteiger partial charge in [0, 0.05) is 31.3 Å². The van der Waals surface area contributed by atoms with Crippen LogP contribution < -0.4 is 10.6 Å². The van der Waals surface area contributed by atoms with Crippen molar-refractivity contribution in [2.75, 3.05) is 6.61 Å². The van der Waals surface area contributed by atoms with Crippen molar-refractivity contribution in [2.24, 2.45) is 11.8 Å². The minimum Gasteiger partial charge on any atom is -0.444 e. The van der Waals surface area contributed by atoms with Gasteiger partial charge in [-0.2, -0.15) is 0 Å². The average Bonchev–Trinajstić information content (AvgIpc) is 2.78. The Bertz CT molecular complexity index is 559. The summed E-state index contributed by atoms with van der Waals surface area (Å²) in [4.78, 5) is 35.7. The molecule has 2 amide bonds.